The Morgan fingerprint density at radius 2 is 2.10 bits per heavy atom. The first-order chi connectivity index (χ1) is 4.57. The van der Waals surface area contributed by atoms with Crippen molar-refractivity contribution in [1.82, 2.24) is 5.32 Å². The lowest BCUT2D eigenvalue weighted by Gasteiger charge is -2.15. The molecule has 2 unspecified atom stereocenters. The molecule has 0 bridgehead atoms. The number of methoxy groups -OCH3 is 1. The van der Waals surface area contributed by atoms with Gasteiger partial charge in [0.25, 0.3) is 0 Å². The lowest BCUT2D eigenvalue weighted by molar-refractivity contribution is 0.166. The third-order valence-electron chi connectivity index (χ3n) is 1.18. The maximum atomic E-state index is 10.5. The van der Waals surface area contributed by atoms with Gasteiger partial charge in [-0.3, -0.25) is 0 Å². The van der Waals surface area contributed by atoms with E-state index in [1.54, 1.807) is 0 Å². The summed E-state index contributed by atoms with van der Waals surface area (Å²) < 4.78 is 4.35. The van der Waals surface area contributed by atoms with Gasteiger partial charge in [-0.15, -0.1) is 0 Å². The van der Waals surface area contributed by atoms with Gasteiger partial charge in [0, 0.05) is 6.04 Å². The van der Waals surface area contributed by atoms with Crippen LogP contribution in [-0.2, 0) is 4.74 Å². The number of alkyl carbamates (subject to hydrolysis) is 1. The van der Waals surface area contributed by atoms with Gasteiger partial charge in [0.15, 0.2) is 0 Å². The van der Waals surface area contributed by atoms with Gasteiger partial charge >= 0.3 is 6.09 Å². The van der Waals surface area contributed by atoms with E-state index >= 15 is 0 Å². The second-order valence-electron chi connectivity index (χ2n) is 2.22. The normalized spacial score (nSPS) is 12.9. The Labute approximate surface area is 61.8 Å². The van der Waals surface area contributed by atoms with Crippen LogP contribution < -0.4 is 5.32 Å². The number of hydrogen-bond acceptors (Lipinski definition) is 2. The molecular weight excluding hydrogens is 130 g/mol. The molecule has 3 heteroatoms. The highest BCUT2D eigenvalue weighted by molar-refractivity contribution is 5.67. The zero-order valence-corrected chi connectivity index (χ0v) is 6.39. The number of amides is 1. The van der Waals surface area contributed by atoms with E-state index in [4.69, 9.17) is 0 Å². The average molecular weight is 143 g/mol. The van der Waals surface area contributed by atoms with Crippen LogP contribution >= 0.6 is 0 Å². The van der Waals surface area contributed by atoms with Crippen LogP contribution in [0.1, 0.15) is 6.92 Å². The fourth-order valence-electron chi connectivity index (χ4n) is 0.353. The smallest absolute Gasteiger partial charge is 0.407 e. The molecule has 0 rings (SSSR count). The van der Waals surface area contributed by atoms with Gasteiger partial charge in [-0.2, -0.15) is 0 Å². The van der Waals surface area contributed by atoms with Crippen molar-refractivity contribution in [2.45, 2.75) is 13.0 Å². The molecule has 0 aromatic carbocycles. The summed E-state index contributed by atoms with van der Waals surface area (Å²) in [5.74, 6) is 0.0825. The summed E-state index contributed by atoms with van der Waals surface area (Å²) in [6, 6.07) is -0.188. The molecular formula is C7H13NO2. The molecule has 2 atom stereocenters. The summed E-state index contributed by atoms with van der Waals surface area (Å²) in [5, 5.41) is 2.49. The second kappa shape index (κ2) is 4.14. The van der Waals surface area contributed by atoms with Gasteiger partial charge < -0.3 is 10.1 Å². The van der Waals surface area contributed by atoms with Crippen molar-refractivity contribution in [3.05, 3.63) is 13.8 Å². The summed E-state index contributed by atoms with van der Waals surface area (Å²) in [7, 11) is 1.32. The van der Waals surface area contributed by atoms with E-state index in [9.17, 15) is 4.79 Å². The second-order valence-corrected chi connectivity index (χ2v) is 2.22. The van der Waals surface area contributed by atoms with Crippen molar-refractivity contribution in [2.75, 3.05) is 7.11 Å². The summed E-state index contributed by atoms with van der Waals surface area (Å²) in [6.07, 6.45) is -0.463. The third kappa shape index (κ3) is 3.33. The first kappa shape index (κ1) is 9.27. The molecule has 1 amide bonds. The number of carbonyl (C=O) groups is 1. The van der Waals surface area contributed by atoms with Crippen LogP contribution in [-0.4, -0.2) is 19.2 Å². The monoisotopic (exact) mass is 143 g/mol. The Hall–Kier alpha value is -0.730. The molecule has 3 nitrogen and oxygen atoms in total. The van der Waals surface area contributed by atoms with Gasteiger partial charge in [-0.05, 0) is 19.8 Å². The molecule has 0 saturated heterocycles. The van der Waals surface area contributed by atoms with Crippen LogP contribution in [0.3, 0.4) is 0 Å². The maximum absolute atomic E-state index is 10.5. The third-order valence-corrected chi connectivity index (χ3v) is 1.18. The number of rotatable bonds is 2. The highest BCUT2D eigenvalue weighted by Crippen LogP contribution is 1.97. The highest BCUT2D eigenvalue weighted by Gasteiger charge is 2.09. The molecule has 0 fully saturated rings. The van der Waals surface area contributed by atoms with Crippen molar-refractivity contribution in [3.8, 4) is 0 Å². The van der Waals surface area contributed by atoms with Gasteiger partial charge in [-0.1, -0.05) is 6.92 Å². The highest BCUT2D eigenvalue weighted by atomic mass is 16.5. The van der Waals surface area contributed by atoms with Crippen LogP contribution in [0.25, 0.3) is 0 Å². The predicted octanol–water partition coefficient (Wildman–Crippen LogP) is 1.02. The molecule has 0 heterocycles. The van der Waals surface area contributed by atoms with Crippen LogP contribution in [0.2, 0.25) is 0 Å². The molecule has 0 aromatic heterocycles. The average Bonchev–Trinajstić information content (AvgIpc) is 1.87. The summed E-state index contributed by atoms with van der Waals surface area (Å²) in [4.78, 5) is 10.5. The van der Waals surface area contributed by atoms with E-state index in [1.807, 2.05) is 6.92 Å². The van der Waals surface area contributed by atoms with E-state index in [2.05, 4.69) is 23.9 Å². The zero-order chi connectivity index (χ0) is 8.15. The SMILES string of the molecule is [CH2]C(C)C([CH2])NC(=O)OC. The zero-order valence-electron chi connectivity index (χ0n) is 6.39. The molecule has 0 aliphatic heterocycles. The lowest BCUT2D eigenvalue weighted by Crippen LogP contribution is -2.36. The van der Waals surface area contributed by atoms with Crippen LogP contribution in [0.4, 0.5) is 4.79 Å². The van der Waals surface area contributed by atoms with E-state index in [0.717, 1.165) is 0 Å². The van der Waals surface area contributed by atoms with Gasteiger partial charge in [0.2, 0.25) is 0 Å². The molecule has 0 aromatic rings. The summed E-state index contributed by atoms with van der Waals surface area (Å²) in [6.45, 7) is 9.21. The van der Waals surface area contributed by atoms with E-state index in [-0.39, 0.29) is 12.0 Å². The standard InChI is InChI=1S/C7H13NO2/c1-5(2)6(3)8-7(9)10-4/h5-6H,1,3H2,2,4H3,(H,8,9). The van der Waals surface area contributed by atoms with E-state index in [0.29, 0.717) is 0 Å². The first-order valence-electron chi connectivity index (χ1n) is 3.08. The molecule has 0 aliphatic carbocycles. The Kier molecular flexibility index (Phi) is 3.84. The molecule has 2 radical (unpaired) electrons. The van der Waals surface area contributed by atoms with Crippen molar-refractivity contribution < 1.29 is 9.53 Å². The van der Waals surface area contributed by atoms with Crippen molar-refractivity contribution in [1.29, 1.82) is 0 Å². The number of ether oxygens (including phenoxy) is 1. The Morgan fingerprint density at radius 1 is 1.60 bits per heavy atom. The van der Waals surface area contributed by atoms with E-state index < -0.39 is 6.09 Å². The minimum atomic E-state index is -0.463. The number of carbonyl (C=O) groups excluding carboxylic acids is 1. The van der Waals surface area contributed by atoms with Crippen LogP contribution in [0.5, 0.6) is 0 Å². The quantitative estimate of drug-likeness (QED) is 0.626. The fraction of sp³-hybridized carbons (Fsp3) is 0.571. The van der Waals surface area contributed by atoms with Crippen molar-refractivity contribution in [2.24, 2.45) is 5.92 Å². The maximum Gasteiger partial charge on any atom is 0.407 e. The molecule has 58 valence electrons. The Balaban J connectivity index is 3.57. The Morgan fingerprint density at radius 3 is 2.40 bits per heavy atom. The van der Waals surface area contributed by atoms with E-state index in [1.165, 1.54) is 7.11 Å². The lowest BCUT2D eigenvalue weighted by atomic mass is 10.1. The fourth-order valence-corrected chi connectivity index (χ4v) is 0.353. The summed E-state index contributed by atoms with van der Waals surface area (Å²) >= 11 is 0. The number of hydrogen-bond donors (Lipinski definition) is 1. The molecule has 0 saturated carbocycles. The van der Waals surface area contributed by atoms with Gasteiger partial charge in [-0.25, -0.2) is 4.79 Å². The van der Waals surface area contributed by atoms with Gasteiger partial charge in [0.1, 0.15) is 0 Å². The predicted molar refractivity (Wildman–Crippen MR) is 39.2 cm³/mol. The Bertz CT molecular complexity index is 112. The summed E-state index contributed by atoms with van der Waals surface area (Å²) in [5.41, 5.74) is 0. The van der Waals surface area contributed by atoms with Crippen molar-refractivity contribution in [3.63, 3.8) is 0 Å². The van der Waals surface area contributed by atoms with Crippen LogP contribution in [0.15, 0.2) is 0 Å². The van der Waals surface area contributed by atoms with Gasteiger partial charge in [0.05, 0.1) is 7.11 Å². The largest absolute Gasteiger partial charge is 0.453 e. The molecule has 0 aliphatic rings. The minimum Gasteiger partial charge on any atom is -0.453 e. The van der Waals surface area contributed by atoms with Crippen molar-refractivity contribution >= 4 is 6.09 Å². The topological polar surface area (TPSA) is 38.3 Å². The molecule has 1 N–H and O–H groups in total. The first-order valence-corrected chi connectivity index (χ1v) is 3.08. The molecule has 10 heavy (non-hydrogen) atoms. The minimum absolute atomic E-state index is 0.0825. The van der Waals surface area contributed by atoms with Crippen LogP contribution in [0, 0.1) is 19.8 Å². The molecule has 0 spiro atoms. The number of nitrogens with one attached hydrogen (secondary N) is 1.